The molecule has 0 fully saturated rings. The first kappa shape index (κ1) is 6.60. The summed E-state index contributed by atoms with van der Waals surface area (Å²) in [5, 5.41) is 20.4. The van der Waals surface area contributed by atoms with Gasteiger partial charge in [0.25, 0.3) is 0 Å². The minimum Gasteiger partial charge on any atom is -0.504 e. The van der Waals surface area contributed by atoms with Crippen molar-refractivity contribution in [3.8, 4) is 23.0 Å². The van der Waals surface area contributed by atoms with Crippen molar-refractivity contribution in [2.75, 3.05) is 0 Å². The van der Waals surface area contributed by atoms with Crippen LogP contribution in [0.5, 0.6) is 23.0 Å². The topological polar surface area (TPSA) is 53.0 Å². The largest absolute Gasteiger partial charge is 0.504 e. The van der Waals surface area contributed by atoms with Crippen molar-refractivity contribution < 1.29 is 14.9 Å². The summed E-state index contributed by atoms with van der Waals surface area (Å²) >= 11 is 0. The standard InChI is InChI=1S/C10H6O3/c11-7-5-3-1-2-4-6(5)8(12)10-9(7)13-10/h1-4,11-12H. The molecule has 0 radical (unpaired) electrons. The maximum absolute atomic E-state index is 9.60. The molecular weight excluding hydrogens is 168 g/mol. The SMILES string of the molecule is Oc1c2c(c(O)c3ccccc13)O2. The van der Waals surface area contributed by atoms with Gasteiger partial charge in [-0.3, -0.25) is 0 Å². The maximum Gasteiger partial charge on any atom is 0.216 e. The van der Waals surface area contributed by atoms with Gasteiger partial charge in [-0.15, -0.1) is 0 Å². The Kier molecular flexibility index (Phi) is 0.953. The van der Waals surface area contributed by atoms with Crippen molar-refractivity contribution in [2.45, 2.75) is 0 Å². The normalized spacial score (nSPS) is 12.3. The first-order chi connectivity index (χ1) is 6.29. The lowest BCUT2D eigenvalue weighted by Gasteiger charge is -1.97. The van der Waals surface area contributed by atoms with E-state index in [1.54, 1.807) is 24.3 Å². The molecule has 64 valence electrons. The van der Waals surface area contributed by atoms with Gasteiger partial charge in [0, 0.05) is 10.8 Å². The molecule has 0 unspecified atom stereocenters. The van der Waals surface area contributed by atoms with Gasteiger partial charge in [0.15, 0.2) is 11.5 Å². The van der Waals surface area contributed by atoms with Crippen molar-refractivity contribution in [2.24, 2.45) is 0 Å². The van der Waals surface area contributed by atoms with E-state index in [2.05, 4.69) is 0 Å². The van der Waals surface area contributed by atoms with Crippen LogP contribution in [-0.2, 0) is 0 Å². The highest BCUT2D eigenvalue weighted by atomic mass is 16.6. The number of benzene rings is 2. The molecule has 0 saturated carbocycles. The van der Waals surface area contributed by atoms with E-state index in [1.807, 2.05) is 0 Å². The highest BCUT2D eigenvalue weighted by molar-refractivity contribution is 6.00. The molecule has 2 aromatic rings. The number of ether oxygens (including phenoxy) is 1. The minimum atomic E-state index is 0.114. The van der Waals surface area contributed by atoms with Crippen molar-refractivity contribution in [1.29, 1.82) is 0 Å². The Balaban J connectivity index is 2.58. The van der Waals surface area contributed by atoms with Crippen molar-refractivity contribution in [3.63, 3.8) is 0 Å². The second-order valence-corrected chi connectivity index (χ2v) is 3.00. The molecule has 1 aliphatic rings. The molecule has 3 nitrogen and oxygen atoms in total. The molecule has 1 heterocycles. The zero-order valence-corrected chi connectivity index (χ0v) is 6.61. The van der Waals surface area contributed by atoms with E-state index >= 15 is 0 Å². The smallest absolute Gasteiger partial charge is 0.216 e. The molecule has 0 spiro atoms. The van der Waals surface area contributed by atoms with Crippen LogP contribution in [0.1, 0.15) is 0 Å². The van der Waals surface area contributed by atoms with Gasteiger partial charge >= 0.3 is 0 Å². The van der Waals surface area contributed by atoms with E-state index in [-0.39, 0.29) is 11.5 Å². The van der Waals surface area contributed by atoms with E-state index in [0.717, 1.165) is 0 Å². The molecule has 13 heavy (non-hydrogen) atoms. The summed E-state index contributed by atoms with van der Waals surface area (Å²) in [4.78, 5) is 0. The Bertz CT molecular complexity index is 471. The predicted octanol–water partition coefficient (Wildman–Crippen LogP) is 2.36. The van der Waals surface area contributed by atoms with Gasteiger partial charge in [0.1, 0.15) is 0 Å². The fourth-order valence-corrected chi connectivity index (χ4v) is 1.53. The number of hydrogen-bond donors (Lipinski definition) is 2. The van der Waals surface area contributed by atoms with Crippen LogP contribution in [0.15, 0.2) is 24.3 Å². The van der Waals surface area contributed by atoms with Gasteiger partial charge in [0.2, 0.25) is 11.5 Å². The van der Waals surface area contributed by atoms with Crippen LogP contribution in [0.25, 0.3) is 10.8 Å². The Morgan fingerprint density at radius 3 is 1.77 bits per heavy atom. The number of aromatic hydroxyl groups is 2. The zero-order chi connectivity index (χ0) is 9.00. The van der Waals surface area contributed by atoms with E-state index in [0.29, 0.717) is 22.3 Å². The molecule has 0 saturated heterocycles. The number of fused-ring (bicyclic) bond motifs is 2. The Hall–Kier alpha value is -1.90. The van der Waals surface area contributed by atoms with Crippen LogP contribution >= 0.6 is 0 Å². The van der Waals surface area contributed by atoms with Crippen LogP contribution in [0.3, 0.4) is 0 Å². The van der Waals surface area contributed by atoms with Gasteiger partial charge < -0.3 is 14.9 Å². The van der Waals surface area contributed by atoms with E-state index in [9.17, 15) is 10.2 Å². The van der Waals surface area contributed by atoms with E-state index in [4.69, 9.17) is 4.74 Å². The predicted molar refractivity (Wildman–Crippen MR) is 47.4 cm³/mol. The minimum absolute atomic E-state index is 0.114. The molecule has 3 rings (SSSR count). The van der Waals surface area contributed by atoms with Crippen LogP contribution < -0.4 is 4.74 Å². The molecule has 0 amide bonds. The average Bonchev–Trinajstić information content (AvgIpc) is 2.94. The van der Waals surface area contributed by atoms with Gasteiger partial charge in [-0.1, -0.05) is 24.3 Å². The Labute approximate surface area is 73.8 Å². The highest BCUT2D eigenvalue weighted by Crippen LogP contribution is 2.61. The summed E-state index contributed by atoms with van der Waals surface area (Å²) in [5.74, 6) is 1.03. The number of phenols is 2. The third kappa shape index (κ3) is 0.685. The number of rotatable bonds is 0. The molecular formula is C10H6O3. The molecule has 0 atom stereocenters. The molecule has 2 aromatic carbocycles. The highest BCUT2D eigenvalue weighted by Gasteiger charge is 2.32. The maximum atomic E-state index is 9.60. The molecule has 1 aliphatic heterocycles. The van der Waals surface area contributed by atoms with Gasteiger partial charge in [-0.05, 0) is 0 Å². The lowest BCUT2D eigenvalue weighted by molar-refractivity contribution is 0.463. The molecule has 0 aliphatic carbocycles. The summed E-state index contributed by atoms with van der Waals surface area (Å²) in [5.41, 5.74) is 0. The number of hydrogen-bond acceptors (Lipinski definition) is 3. The lowest BCUT2D eigenvalue weighted by atomic mass is 10.1. The van der Waals surface area contributed by atoms with Gasteiger partial charge in [0.05, 0.1) is 0 Å². The van der Waals surface area contributed by atoms with Crippen molar-refractivity contribution >= 4 is 10.8 Å². The van der Waals surface area contributed by atoms with Crippen LogP contribution in [-0.4, -0.2) is 10.2 Å². The second-order valence-electron chi connectivity index (χ2n) is 3.00. The second kappa shape index (κ2) is 1.88. The van der Waals surface area contributed by atoms with E-state index in [1.165, 1.54) is 0 Å². The van der Waals surface area contributed by atoms with Crippen molar-refractivity contribution in [1.82, 2.24) is 0 Å². The zero-order valence-electron chi connectivity index (χ0n) is 6.61. The summed E-state index contributed by atoms with van der Waals surface area (Å²) < 4.78 is 4.94. The average molecular weight is 174 g/mol. The molecule has 0 aromatic heterocycles. The number of phenolic OH excluding ortho intramolecular Hbond substituents is 2. The third-order valence-corrected chi connectivity index (χ3v) is 2.24. The van der Waals surface area contributed by atoms with Gasteiger partial charge in [-0.25, -0.2) is 0 Å². The summed E-state index contributed by atoms with van der Waals surface area (Å²) in [7, 11) is 0. The van der Waals surface area contributed by atoms with Crippen molar-refractivity contribution in [3.05, 3.63) is 24.3 Å². The monoisotopic (exact) mass is 174 g/mol. The van der Waals surface area contributed by atoms with Crippen LogP contribution in [0.2, 0.25) is 0 Å². The summed E-state index contributed by atoms with van der Waals surface area (Å²) in [6.45, 7) is 0. The summed E-state index contributed by atoms with van der Waals surface area (Å²) in [6.07, 6.45) is 0. The Morgan fingerprint density at radius 1 is 0.846 bits per heavy atom. The molecule has 0 bridgehead atoms. The third-order valence-electron chi connectivity index (χ3n) is 2.24. The van der Waals surface area contributed by atoms with Gasteiger partial charge in [-0.2, -0.15) is 0 Å². The van der Waals surface area contributed by atoms with Crippen LogP contribution in [0.4, 0.5) is 0 Å². The van der Waals surface area contributed by atoms with E-state index < -0.39 is 0 Å². The fourth-order valence-electron chi connectivity index (χ4n) is 1.53. The Morgan fingerprint density at radius 2 is 1.31 bits per heavy atom. The lowest BCUT2D eigenvalue weighted by Crippen LogP contribution is -1.70. The quantitative estimate of drug-likeness (QED) is 0.406. The fraction of sp³-hybridized carbons (Fsp3) is 0. The first-order valence-corrected chi connectivity index (χ1v) is 3.93. The molecule has 3 heteroatoms. The van der Waals surface area contributed by atoms with Crippen LogP contribution in [0, 0.1) is 0 Å². The molecule has 2 N–H and O–H groups in total. The summed E-state index contributed by atoms with van der Waals surface area (Å²) in [6, 6.07) is 7.09. The first-order valence-electron chi connectivity index (χ1n) is 3.93.